The number of furan rings is 1. The van der Waals surface area contributed by atoms with Crippen molar-refractivity contribution in [2.24, 2.45) is 0 Å². The SMILES string of the molecule is O=C(NC[C@H](c1ccco1)N1CCCC1)c1ccc(S(=O)(=O)N2CCCC2)cc1. The average Bonchev–Trinajstić information content (AvgIpc) is 3.52. The van der Waals surface area contributed by atoms with Crippen LogP contribution in [0.4, 0.5) is 0 Å². The molecule has 1 aromatic carbocycles. The second-order valence-electron chi connectivity index (χ2n) is 7.62. The second kappa shape index (κ2) is 8.69. The topological polar surface area (TPSA) is 82.9 Å². The normalized spacial score (nSPS) is 19.4. The molecule has 1 atom stereocenters. The highest BCUT2D eigenvalue weighted by atomic mass is 32.2. The molecule has 0 unspecified atom stereocenters. The van der Waals surface area contributed by atoms with E-state index in [1.54, 1.807) is 18.4 Å². The van der Waals surface area contributed by atoms with Crippen LogP contribution in [0.1, 0.15) is 47.8 Å². The zero-order valence-electron chi connectivity index (χ0n) is 16.4. The third kappa shape index (κ3) is 4.39. The van der Waals surface area contributed by atoms with E-state index in [2.05, 4.69) is 10.2 Å². The van der Waals surface area contributed by atoms with Crippen LogP contribution in [0.15, 0.2) is 52.0 Å². The summed E-state index contributed by atoms with van der Waals surface area (Å²) in [4.78, 5) is 15.2. The highest BCUT2D eigenvalue weighted by Gasteiger charge is 2.28. The van der Waals surface area contributed by atoms with Crippen molar-refractivity contribution >= 4 is 15.9 Å². The van der Waals surface area contributed by atoms with Gasteiger partial charge in [-0.3, -0.25) is 9.69 Å². The Morgan fingerprint density at radius 3 is 2.28 bits per heavy atom. The lowest BCUT2D eigenvalue weighted by molar-refractivity contribution is 0.0933. The molecule has 8 heteroatoms. The Labute approximate surface area is 171 Å². The first-order valence-corrected chi connectivity index (χ1v) is 11.7. The maximum atomic E-state index is 12.6. The summed E-state index contributed by atoms with van der Waals surface area (Å²) in [6.45, 7) is 3.55. The molecular formula is C21H27N3O4S. The van der Waals surface area contributed by atoms with Gasteiger partial charge in [-0.1, -0.05) is 0 Å². The summed E-state index contributed by atoms with van der Waals surface area (Å²) in [5, 5.41) is 2.98. The second-order valence-corrected chi connectivity index (χ2v) is 9.56. The number of hydrogen-bond donors (Lipinski definition) is 1. The summed E-state index contributed by atoms with van der Waals surface area (Å²) >= 11 is 0. The number of hydrogen-bond acceptors (Lipinski definition) is 5. The van der Waals surface area contributed by atoms with E-state index in [0.29, 0.717) is 25.2 Å². The van der Waals surface area contributed by atoms with Crippen LogP contribution in [0.5, 0.6) is 0 Å². The van der Waals surface area contributed by atoms with Gasteiger partial charge >= 0.3 is 0 Å². The number of amides is 1. The van der Waals surface area contributed by atoms with Gasteiger partial charge in [0.25, 0.3) is 5.91 Å². The Kier molecular flexibility index (Phi) is 6.03. The largest absolute Gasteiger partial charge is 0.468 e. The summed E-state index contributed by atoms with van der Waals surface area (Å²) in [5.74, 6) is 0.630. The molecule has 4 rings (SSSR count). The molecule has 0 bridgehead atoms. The number of carbonyl (C=O) groups is 1. The fourth-order valence-corrected chi connectivity index (χ4v) is 5.61. The summed E-state index contributed by atoms with van der Waals surface area (Å²) in [6.07, 6.45) is 5.75. The van der Waals surface area contributed by atoms with Gasteiger partial charge in [-0.2, -0.15) is 4.31 Å². The standard InChI is InChI=1S/C21H27N3O4S/c25-21(22-16-19(20-6-5-15-28-20)23-11-1-2-12-23)17-7-9-18(10-8-17)29(26,27)24-13-3-4-14-24/h5-10,15,19H,1-4,11-14,16H2,(H,22,25)/t19-/m1/s1. The number of likely N-dealkylation sites (tertiary alicyclic amines) is 1. The Bertz CT molecular complexity index is 913. The fourth-order valence-electron chi connectivity index (χ4n) is 4.09. The van der Waals surface area contributed by atoms with Crippen molar-refractivity contribution in [3.63, 3.8) is 0 Å². The quantitative estimate of drug-likeness (QED) is 0.749. The fraction of sp³-hybridized carbons (Fsp3) is 0.476. The van der Waals surface area contributed by atoms with Crippen molar-refractivity contribution in [2.45, 2.75) is 36.6 Å². The van der Waals surface area contributed by atoms with Gasteiger partial charge in [0, 0.05) is 25.2 Å². The summed E-state index contributed by atoms with van der Waals surface area (Å²) in [5.41, 5.74) is 0.449. The van der Waals surface area contributed by atoms with E-state index < -0.39 is 10.0 Å². The number of sulfonamides is 1. The van der Waals surface area contributed by atoms with Crippen molar-refractivity contribution < 1.29 is 17.6 Å². The third-order valence-electron chi connectivity index (χ3n) is 5.73. The van der Waals surface area contributed by atoms with Crippen molar-refractivity contribution in [1.29, 1.82) is 0 Å². The molecular weight excluding hydrogens is 390 g/mol. The van der Waals surface area contributed by atoms with Gasteiger partial charge < -0.3 is 9.73 Å². The van der Waals surface area contributed by atoms with Gasteiger partial charge in [-0.15, -0.1) is 0 Å². The molecule has 2 saturated heterocycles. The van der Waals surface area contributed by atoms with Gasteiger partial charge in [-0.05, 0) is 75.2 Å². The summed E-state index contributed by atoms with van der Waals surface area (Å²) < 4.78 is 32.3. The Morgan fingerprint density at radius 1 is 1.00 bits per heavy atom. The van der Waals surface area contributed by atoms with Crippen LogP contribution in [0.25, 0.3) is 0 Å². The lowest BCUT2D eigenvalue weighted by Gasteiger charge is -2.26. The lowest BCUT2D eigenvalue weighted by Crippen LogP contribution is -2.36. The van der Waals surface area contributed by atoms with Crippen molar-refractivity contribution in [3.05, 3.63) is 54.0 Å². The van der Waals surface area contributed by atoms with Gasteiger partial charge in [0.05, 0.1) is 17.2 Å². The molecule has 2 aliphatic heterocycles. The van der Waals surface area contributed by atoms with Gasteiger partial charge in [0.15, 0.2) is 0 Å². The first kappa shape index (κ1) is 20.1. The zero-order valence-corrected chi connectivity index (χ0v) is 17.2. The van der Waals surface area contributed by atoms with E-state index in [-0.39, 0.29) is 16.8 Å². The molecule has 7 nitrogen and oxygen atoms in total. The number of nitrogens with one attached hydrogen (secondary N) is 1. The zero-order chi connectivity index (χ0) is 20.3. The molecule has 1 N–H and O–H groups in total. The molecule has 0 saturated carbocycles. The molecule has 2 aromatic rings. The summed E-state index contributed by atoms with van der Waals surface area (Å²) in [6, 6.07) is 10.0. The Hall–Kier alpha value is -2.16. The van der Waals surface area contributed by atoms with Gasteiger partial charge in [0.1, 0.15) is 5.76 Å². The van der Waals surface area contributed by atoms with Crippen LogP contribution in [0, 0.1) is 0 Å². The van der Waals surface area contributed by atoms with Crippen LogP contribution in [0.2, 0.25) is 0 Å². The van der Waals surface area contributed by atoms with E-state index in [1.165, 1.54) is 16.4 Å². The Morgan fingerprint density at radius 2 is 1.66 bits per heavy atom. The highest BCUT2D eigenvalue weighted by molar-refractivity contribution is 7.89. The van der Waals surface area contributed by atoms with E-state index in [9.17, 15) is 13.2 Å². The molecule has 0 aliphatic carbocycles. The third-order valence-corrected chi connectivity index (χ3v) is 7.64. The molecule has 3 heterocycles. The van der Waals surface area contributed by atoms with E-state index in [0.717, 1.165) is 44.5 Å². The molecule has 156 valence electrons. The summed E-state index contributed by atoms with van der Waals surface area (Å²) in [7, 11) is -3.47. The number of rotatable bonds is 7. The van der Waals surface area contributed by atoms with Crippen molar-refractivity contribution in [3.8, 4) is 0 Å². The minimum absolute atomic E-state index is 0.00580. The van der Waals surface area contributed by atoms with Gasteiger partial charge in [-0.25, -0.2) is 8.42 Å². The highest BCUT2D eigenvalue weighted by Crippen LogP contribution is 2.25. The molecule has 2 fully saturated rings. The van der Waals surface area contributed by atoms with Crippen LogP contribution in [-0.2, 0) is 10.0 Å². The van der Waals surface area contributed by atoms with Gasteiger partial charge in [0.2, 0.25) is 10.0 Å². The molecule has 1 aromatic heterocycles. The average molecular weight is 418 g/mol. The van der Waals surface area contributed by atoms with Crippen molar-refractivity contribution in [1.82, 2.24) is 14.5 Å². The van der Waals surface area contributed by atoms with E-state index in [1.807, 2.05) is 12.1 Å². The number of carbonyl (C=O) groups excluding carboxylic acids is 1. The Balaban J connectivity index is 1.41. The number of benzene rings is 1. The molecule has 1 amide bonds. The van der Waals surface area contributed by atoms with E-state index in [4.69, 9.17) is 4.42 Å². The monoisotopic (exact) mass is 417 g/mol. The van der Waals surface area contributed by atoms with Crippen LogP contribution in [0.3, 0.4) is 0 Å². The maximum absolute atomic E-state index is 12.6. The minimum atomic E-state index is -3.47. The van der Waals surface area contributed by atoms with E-state index >= 15 is 0 Å². The predicted molar refractivity (Wildman–Crippen MR) is 109 cm³/mol. The lowest BCUT2D eigenvalue weighted by atomic mass is 10.1. The molecule has 0 radical (unpaired) electrons. The molecule has 0 spiro atoms. The minimum Gasteiger partial charge on any atom is -0.468 e. The van der Waals surface area contributed by atoms with Crippen LogP contribution < -0.4 is 5.32 Å². The van der Waals surface area contributed by atoms with Crippen LogP contribution in [-0.4, -0.2) is 56.3 Å². The smallest absolute Gasteiger partial charge is 0.251 e. The predicted octanol–water partition coefficient (Wildman–Crippen LogP) is 2.63. The molecule has 29 heavy (non-hydrogen) atoms. The number of nitrogens with zero attached hydrogens (tertiary/aromatic N) is 2. The van der Waals surface area contributed by atoms with Crippen LogP contribution >= 0.6 is 0 Å². The first-order chi connectivity index (χ1) is 14.1. The molecule has 2 aliphatic rings. The van der Waals surface area contributed by atoms with Crippen molar-refractivity contribution in [2.75, 3.05) is 32.7 Å². The first-order valence-electron chi connectivity index (χ1n) is 10.2. The maximum Gasteiger partial charge on any atom is 0.251 e.